The van der Waals surface area contributed by atoms with Crippen LogP contribution >= 0.6 is 0 Å². The van der Waals surface area contributed by atoms with Crippen LogP contribution in [0, 0.1) is 0 Å². The number of rotatable bonds is 3. The molecule has 23 heavy (non-hydrogen) atoms. The van der Waals surface area contributed by atoms with E-state index in [-0.39, 0.29) is 0 Å². The van der Waals surface area contributed by atoms with Crippen molar-refractivity contribution in [1.82, 2.24) is 19.6 Å². The quantitative estimate of drug-likeness (QED) is 0.630. The summed E-state index contributed by atoms with van der Waals surface area (Å²) in [6.45, 7) is 0. The van der Waals surface area contributed by atoms with Gasteiger partial charge in [0.2, 0.25) is 0 Å². The zero-order chi connectivity index (χ0) is 15.8. The van der Waals surface area contributed by atoms with Gasteiger partial charge in [-0.1, -0.05) is 18.2 Å². The average molecular weight is 304 g/mol. The van der Waals surface area contributed by atoms with Gasteiger partial charge < -0.3 is 10.2 Å². The summed E-state index contributed by atoms with van der Waals surface area (Å²) in [5, 5.41) is 12.3. The van der Waals surface area contributed by atoms with E-state index in [1.807, 2.05) is 42.8 Å². The lowest BCUT2D eigenvalue weighted by Crippen LogP contribution is -2.13. The molecule has 4 rings (SSSR count). The van der Waals surface area contributed by atoms with E-state index in [9.17, 15) is 0 Å². The number of aromatic nitrogens is 4. The predicted octanol–water partition coefficient (Wildman–Crippen LogP) is 3.09. The Morgan fingerprint density at radius 2 is 1.91 bits per heavy atom. The molecular formula is C17H16N6. The largest absolute Gasteiger partial charge is 0.388 e. The first kappa shape index (κ1) is 13.5. The molecule has 0 atom stereocenters. The molecule has 0 amide bonds. The summed E-state index contributed by atoms with van der Waals surface area (Å²) in [7, 11) is 3.92. The monoisotopic (exact) mass is 304 g/mol. The lowest BCUT2D eigenvalue weighted by molar-refractivity contribution is 1.08. The maximum atomic E-state index is 4.69. The van der Waals surface area contributed by atoms with Gasteiger partial charge in [-0.3, -0.25) is 4.40 Å². The highest BCUT2D eigenvalue weighted by atomic mass is 15.3. The van der Waals surface area contributed by atoms with Crippen LogP contribution < -0.4 is 10.2 Å². The number of anilines is 3. The van der Waals surface area contributed by atoms with Crippen molar-refractivity contribution in [2.24, 2.45) is 0 Å². The van der Waals surface area contributed by atoms with E-state index in [0.29, 0.717) is 5.78 Å². The van der Waals surface area contributed by atoms with Gasteiger partial charge in [-0.15, -0.1) is 10.2 Å². The molecule has 0 bridgehead atoms. The smallest absolute Gasteiger partial charge is 0.257 e. The van der Waals surface area contributed by atoms with Crippen LogP contribution in [0.15, 0.2) is 54.9 Å². The topological polar surface area (TPSA) is 58.3 Å². The van der Waals surface area contributed by atoms with Crippen LogP contribution in [0.4, 0.5) is 17.2 Å². The van der Waals surface area contributed by atoms with Gasteiger partial charge in [-0.05, 0) is 30.3 Å². The number of benzene rings is 2. The standard InChI is InChI=1S/C17H16N6/c1-18-12-8-9-14-15(10-12)23-11-19-21-17(23)20-16(14)22(2)13-6-4-3-5-7-13/h3-11,18H,1-2H3. The van der Waals surface area contributed by atoms with Crippen LogP contribution in [-0.4, -0.2) is 33.7 Å². The number of hydrogen-bond donors (Lipinski definition) is 1. The number of fused-ring (bicyclic) bond motifs is 3. The second kappa shape index (κ2) is 5.24. The minimum atomic E-state index is 0.587. The van der Waals surface area contributed by atoms with Crippen LogP contribution in [0.5, 0.6) is 0 Å². The van der Waals surface area contributed by atoms with Crippen molar-refractivity contribution in [3.05, 3.63) is 54.9 Å². The zero-order valence-corrected chi connectivity index (χ0v) is 12.9. The molecule has 1 N–H and O–H groups in total. The minimum absolute atomic E-state index is 0.587. The Kier molecular flexibility index (Phi) is 3.08. The summed E-state index contributed by atoms with van der Waals surface area (Å²) in [6.07, 6.45) is 1.69. The first-order valence-electron chi connectivity index (χ1n) is 7.38. The van der Waals surface area contributed by atoms with Crippen LogP contribution in [0.1, 0.15) is 0 Å². The van der Waals surface area contributed by atoms with Crippen molar-refractivity contribution >= 4 is 33.9 Å². The molecule has 6 nitrogen and oxygen atoms in total. The number of para-hydroxylation sites is 1. The van der Waals surface area contributed by atoms with Crippen molar-refractivity contribution in [2.45, 2.75) is 0 Å². The first-order chi connectivity index (χ1) is 11.3. The summed E-state index contributed by atoms with van der Waals surface area (Å²) in [6, 6.07) is 16.4. The Balaban J connectivity index is 2.01. The van der Waals surface area contributed by atoms with Crippen molar-refractivity contribution in [2.75, 3.05) is 24.3 Å². The maximum absolute atomic E-state index is 4.69. The number of nitrogens with zero attached hydrogens (tertiary/aromatic N) is 5. The average Bonchev–Trinajstić information content (AvgIpc) is 3.09. The molecule has 0 aliphatic heterocycles. The highest BCUT2D eigenvalue weighted by Crippen LogP contribution is 2.31. The molecule has 2 aromatic heterocycles. The normalized spacial score (nSPS) is 11.0. The molecule has 0 fully saturated rings. The molecule has 0 spiro atoms. The molecule has 0 radical (unpaired) electrons. The fraction of sp³-hybridized carbons (Fsp3) is 0.118. The van der Waals surface area contributed by atoms with Crippen molar-refractivity contribution < 1.29 is 0 Å². The van der Waals surface area contributed by atoms with Gasteiger partial charge in [0.15, 0.2) is 0 Å². The second-order valence-electron chi connectivity index (χ2n) is 5.31. The Morgan fingerprint density at radius 1 is 1.09 bits per heavy atom. The van der Waals surface area contributed by atoms with Crippen molar-refractivity contribution in [3.63, 3.8) is 0 Å². The fourth-order valence-corrected chi connectivity index (χ4v) is 2.74. The van der Waals surface area contributed by atoms with Gasteiger partial charge in [0, 0.05) is 30.9 Å². The van der Waals surface area contributed by atoms with E-state index in [0.717, 1.165) is 28.1 Å². The van der Waals surface area contributed by atoms with E-state index in [1.54, 1.807) is 6.33 Å². The molecular weight excluding hydrogens is 288 g/mol. The van der Waals surface area contributed by atoms with E-state index >= 15 is 0 Å². The minimum Gasteiger partial charge on any atom is -0.388 e. The third-order valence-electron chi connectivity index (χ3n) is 3.98. The molecule has 114 valence electrons. The molecule has 0 aliphatic rings. The summed E-state index contributed by atoms with van der Waals surface area (Å²) >= 11 is 0. The molecule has 0 aliphatic carbocycles. The van der Waals surface area contributed by atoms with Gasteiger partial charge in [0.25, 0.3) is 5.78 Å². The number of nitrogens with one attached hydrogen (secondary N) is 1. The van der Waals surface area contributed by atoms with Gasteiger partial charge in [-0.25, -0.2) is 0 Å². The molecule has 2 aromatic carbocycles. The highest BCUT2D eigenvalue weighted by Gasteiger charge is 2.14. The van der Waals surface area contributed by atoms with Gasteiger partial charge >= 0.3 is 0 Å². The summed E-state index contributed by atoms with van der Waals surface area (Å²) in [4.78, 5) is 6.76. The summed E-state index contributed by atoms with van der Waals surface area (Å²) < 4.78 is 1.90. The molecule has 0 unspecified atom stereocenters. The lowest BCUT2D eigenvalue weighted by atomic mass is 10.2. The van der Waals surface area contributed by atoms with Crippen molar-refractivity contribution in [3.8, 4) is 0 Å². The summed E-state index contributed by atoms with van der Waals surface area (Å²) in [5.41, 5.74) is 3.12. The maximum Gasteiger partial charge on any atom is 0.257 e. The fourth-order valence-electron chi connectivity index (χ4n) is 2.74. The molecule has 2 heterocycles. The van der Waals surface area contributed by atoms with Gasteiger partial charge in [0.05, 0.1) is 5.52 Å². The Morgan fingerprint density at radius 3 is 2.70 bits per heavy atom. The molecule has 4 aromatic rings. The second-order valence-corrected chi connectivity index (χ2v) is 5.31. The third kappa shape index (κ3) is 2.15. The predicted molar refractivity (Wildman–Crippen MR) is 92.3 cm³/mol. The van der Waals surface area contributed by atoms with Crippen molar-refractivity contribution in [1.29, 1.82) is 0 Å². The zero-order valence-electron chi connectivity index (χ0n) is 12.9. The molecule has 0 saturated carbocycles. The Hall–Kier alpha value is -3.15. The van der Waals surface area contributed by atoms with Gasteiger partial charge in [0.1, 0.15) is 12.1 Å². The van der Waals surface area contributed by atoms with Crippen LogP contribution in [-0.2, 0) is 0 Å². The Labute approximate surface area is 133 Å². The first-order valence-corrected chi connectivity index (χ1v) is 7.38. The van der Waals surface area contributed by atoms with Crippen LogP contribution in [0.3, 0.4) is 0 Å². The highest BCUT2D eigenvalue weighted by molar-refractivity contribution is 5.95. The molecule has 0 saturated heterocycles. The van der Waals surface area contributed by atoms with E-state index in [2.05, 4.69) is 44.7 Å². The molecule has 6 heteroatoms. The lowest BCUT2D eigenvalue weighted by Gasteiger charge is -2.20. The van der Waals surface area contributed by atoms with Crippen LogP contribution in [0.25, 0.3) is 16.7 Å². The SMILES string of the molecule is CNc1ccc2c(N(C)c3ccccc3)nc3nncn3c2c1. The Bertz CT molecular complexity index is 976. The van der Waals surface area contributed by atoms with Gasteiger partial charge in [-0.2, -0.15) is 4.98 Å². The third-order valence-corrected chi connectivity index (χ3v) is 3.98. The van der Waals surface area contributed by atoms with E-state index in [1.165, 1.54) is 0 Å². The summed E-state index contributed by atoms with van der Waals surface area (Å²) in [5.74, 6) is 1.44. The van der Waals surface area contributed by atoms with E-state index < -0.39 is 0 Å². The van der Waals surface area contributed by atoms with E-state index in [4.69, 9.17) is 4.98 Å². The number of hydrogen-bond acceptors (Lipinski definition) is 5. The van der Waals surface area contributed by atoms with Crippen LogP contribution in [0.2, 0.25) is 0 Å².